The Balaban J connectivity index is 1.95. The maximum absolute atomic E-state index is 12.3. The molecular weight excluding hydrogens is 288 g/mol. The quantitative estimate of drug-likeness (QED) is 0.765. The highest BCUT2D eigenvalue weighted by Crippen LogP contribution is 2.20. The molecule has 22 heavy (non-hydrogen) atoms. The standard InChI is InChI=1S/C15H14N2O5/c18-12-10-4-2-1-3-9(10)7-11(16-12)13(19)17-15(14(20)21)5-6-22-8-15/h1-4,7H,5-6,8H2,(H,16,18)(H,17,19)(H,20,21). The predicted molar refractivity (Wildman–Crippen MR) is 77.8 cm³/mol. The molecule has 3 N–H and O–H groups in total. The molecule has 7 heteroatoms. The second-order valence-corrected chi connectivity index (χ2v) is 5.24. The van der Waals surface area contributed by atoms with Crippen molar-refractivity contribution in [3.8, 4) is 0 Å². The summed E-state index contributed by atoms with van der Waals surface area (Å²) in [7, 11) is 0. The van der Waals surface area contributed by atoms with Crippen molar-refractivity contribution in [3.05, 3.63) is 46.4 Å². The van der Waals surface area contributed by atoms with Crippen LogP contribution in [0.4, 0.5) is 0 Å². The number of amides is 1. The van der Waals surface area contributed by atoms with Gasteiger partial charge in [-0.15, -0.1) is 0 Å². The van der Waals surface area contributed by atoms with Crippen molar-refractivity contribution in [2.24, 2.45) is 0 Å². The van der Waals surface area contributed by atoms with Gasteiger partial charge in [0.05, 0.1) is 6.61 Å². The Hall–Kier alpha value is -2.67. The zero-order valence-corrected chi connectivity index (χ0v) is 11.6. The number of hydrogen-bond acceptors (Lipinski definition) is 4. The number of benzene rings is 1. The van der Waals surface area contributed by atoms with Crippen molar-refractivity contribution in [1.82, 2.24) is 10.3 Å². The third kappa shape index (κ3) is 2.35. The Morgan fingerprint density at radius 3 is 2.77 bits per heavy atom. The number of carboxylic acids is 1. The van der Waals surface area contributed by atoms with Crippen LogP contribution >= 0.6 is 0 Å². The molecule has 114 valence electrons. The zero-order chi connectivity index (χ0) is 15.7. The third-order valence-electron chi connectivity index (χ3n) is 3.78. The summed E-state index contributed by atoms with van der Waals surface area (Å²) < 4.78 is 5.08. The summed E-state index contributed by atoms with van der Waals surface area (Å²) in [5.41, 5.74) is -1.81. The monoisotopic (exact) mass is 302 g/mol. The molecule has 1 unspecified atom stereocenters. The highest BCUT2D eigenvalue weighted by atomic mass is 16.5. The highest BCUT2D eigenvalue weighted by Gasteiger charge is 2.44. The molecule has 1 saturated heterocycles. The molecule has 1 aromatic heterocycles. The van der Waals surface area contributed by atoms with Crippen LogP contribution in [0.2, 0.25) is 0 Å². The highest BCUT2D eigenvalue weighted by molar-refractivity contribution is 5.99. The average molecular weight is 302 g/mol. The maximum atomic E-state index is 12.3. The fourth-order valence-corrected chi connectivity index (χ4v) is 2.50. The van der Waals surface area contributed by atoms with Crippen molar-refractivity contribution in [2.45, 2.75) is 12.0 Å². The molecule has 0 saturated carbocycles. The van der Waals surface area contributed by atoms with E-state index in [-0.39, 0.29) is 25.3 Å². The molecule has 0 aliphatic carbocycles. The molecule has 0 spiro atoms. The smallest absolute Gasteiger partial charge is 0.331 e. The van der Waals surface area contributed by atoms with Crippen LogP contribution in [-0.4, -0.2) is 40.7 Å². The summed E-state index contributed by atoms with van der Waals surface area (Å²) in [6.07, 6.45) is 0.186. The number of ether oxygens (including phenoxy) is 1. The molecule has 1 atom stereocenters. The molecule has 2 heterocycles. The molecule has 1 aliphatic heterocycles. The van der Waals surface area contributed by atoms with Gasteiger partial charge in [-0.25, -0.2) is 4.79 Å². The lowest BCUT2D eigenvalue weighted by molar-refractivity contribution is -0.144. The lowest BCUT2D eigenvalue weighted by atomic mass is 9.98. The van der Waals surface area contributed by atoms with Crippen molar-refractivity contribution in [1.29, 1.82) is 0 Å². The number of fused-ring (bicyclic) bond motifs is 1. The van der Waals surface area contributed by atoms with E-state index in [9.17, 15) is 19.5 Å². The molecule has 1 aliphatic rings. The zero-order valence-electron chi connectivity index (χ0n) is 11.6. The van der Waals surface area contributed by atoms with E-state index in [0.29, 0.717) is 10.8 Å². The summed E-state index contributed by atoms with van der Waals surface area (Å²) >= 11 is 0. The van der Waals surface area contributed by atoms with Gasteiger partial charge in [0.25, 0.3) is 11.5 Å². The number of carbonyl (C=O) groups is 2. The molecule has 7 nitrogen and oxygen atoms in total. The Labute approximate surface area is 124 Å². The fraction of sp³-hybridized carbons (Fsp3) is 0.267. The first kappa shape index (κ1) is 14.3. The van der Waals surface area contributed by atoms with Crippen LogP contribution < -0.4 is 10.9 Å². The number of rotatable bonds is 3. The van der Waals surface area contributed by atoms with Gasteiger partial charge < -0.3 is 20.1 Å². The van der Waals surface area contributed by atoms with Gasteiger partial charge in [-0.05, 0) is 17.5 Å². The van der Waals surface area contributed by atoms with E-state index in [1.807, 2.05) is 0 Å². The van der Waals surface area contributed by atoms with Crippen LogP contribution in [-0.2, 0) is 9.53 Å². The first-order valence-corrected chi connectivity index (χ1v) is 6.78. The number of hydrogen-bond donors (Lipinski definition) is 3. The Morgan fingerprint density at radius 2 is 2.09 bits per heavy atom. The number of aromatic nitrogens is 1. The number of pyridine rings is 1. The molecule has 1 amide bonds. The van der Waals surface area contributed by atoms with Crippen molar-refractivity contribution >= 4 is 22.6 Å². The normalized spacial score (nSPS) is 20.9. The minimum absolute atomic E-state index is 0.0243. The molecular formula is C15H14N2O5. The fourth-order valence-electron chi connectivity index (χ4n) is 2.50. The van der Waals surface area contributed by atoms with Gasteiger partial charge in [0, 0.05) is 18.4 Å². The number of carbonyl (C=O) groups excluding carboxylic acids is 1. The van der Waals surface area contributed by atoms with E-state index >= 15 is 0 Å². The third-order valence-corrected chi connectivity index (χ3v) is 3.78. The van der Waals surface area contributed by atoms with Gasteiger partial charge in [-0.2, -0.15) is 0 Å². The summed E-state index contributed by atoms with van der Waals surface area (Å²) in [4.78, 5) is 38.2. The van der Waals surface area contributed by atoms with E-state index in [2.05, 4.69) is 10.3 Å². The van der Waals surface area contributed by atoms with Gasteiger partial charge in [0.2, 0.25) is 0 Å². The Bertz CT molecular complexity index is 805. The molecule has 0 radical (unpaired) electrons. The largest absolute Gasteiger partial charge is 0.479 e. The predicted octanol–water partition coefficient (Wildman–Crippen LogP) is 0.502. The maximum Gasteiger partial charge on any atom is 0.331 e. The van der Waals surface area contributed by atoms with Gasteiger partial charge in [-0.3, -0.25) is 9.59 Å². The van der Waals surface area contributed by atoms with Crippen LogP contribution in [0.1, 0.15) is 16.9 Å². The molecule has 1 aromatic carbocycles. The minimum Gasteiger partial charge on any atom is -0.479 e. The van der Waals surface area contributed by atoms with E-state index in [1.165, 1.54) is 6.07 Å². The van der Waals surface area contributed by atoms with E-state index < -0.39 is 23.0 Å². The second-order valence-electron chi connectivity index (χ2n) is 5.24. The lowest BCUT2D eigenvalue weighted by Crippen LogP contribution is -2.55. The summed E-state index contributed by atoms with van der Waals surface area (Å²) in [6.45, 7) is 0.173. The topological polar surface area (TPSA) is 108 Å². The average Bonchev–Trinajstić information content (AvgIpc) is 2.97. The van der Waals surface area contributed by atoms with E-state index in [4.69, 9.17) is 4.74 Å². The van der Waals surface area contributed by atoms with Crippen molar-refractivity contribution in [3.63, 3.8) is 0 Å². The van der Waals surface area contributed by atoms with Crippen LogP contribution in [0.25, 0.3) is 10.8 Å². The van der Waals surface area contributed by atoms with Crippen LogP contribution in [0.15, 0.2) is 35.1 Å². The minimum atomic E-state index is -1.44. The number of aromatic amines is 1. The number of nitrogens with one attached hydrogen (secondary N) is 2. The summed E-state index contributed by atoms with van der Waals surface area (Å²) in [5, 5.41) is 12.9. The molecule has 2 aromatic rings. The lowest BCUT2D eigenvalue weighted by Gasteiger charge is -2.23. The summed E-state index contributed by atoms with van der Waals surface area (Å²) in [5.74, 6) is -1.79. The number of aliphatic carboxylic acids is 1. The second kappa shape index (κ2) is 5.27. The van der Waals surface area contributed by atoms with E-state index in [0.717, 1.165) is 0 Å². The first-order chi connectivity index (χ1) is 10.5. The summed E-state index contributed by atoms with van der Waals surface area (Å²) in [6, 6.07) is 8.38. The van der Waals surface area contributed by atoms with Crippen LogP contribution in [0.5, 0.6) is 0 Å². The van der Waals surface area contributed by atoms with Gasteiger partial charge in [0.1, 0.15) is 5.69 Å². The van der Waals surface area contributed by atoms with Gasteiger partial charge in [0.15, 0.2) is 5.54 Å². The molecule has 0 bridgehead atoms. The molecule has 1 fully saturated rings. The molecule has 3 rings (SSSR count). The Morgan fingerprint density at radius 1 is 1.32 bits per heavy atom. The SMILES string of the molecule is O=C(NC1(C(=O)O)CCOC1)c1cc2ccccc2c(=O)[nH]1. The van der Waals surface area contributed by atoms with Crippen LogP contribution in [0, 0.1) is 0 Å². The number of carboxylic acid groups (broad SMARTS) is 1. The van der Waals surface area contributed by atoms with Gasteiger partial charge >= 0.3 is 5.97 Å². The first-order valence-electron chi connectivity index (χ1n) is 6.78. The van der Waals surface area contributed by atoms with Crippen molar-refractivity contribution < 1.29 is 19.4 Å². The van der Waals surface area contributed by atoms with Crippen LogP contribution in [0.3, 0.4) is 0 Å². The van der Waals surface area contributed by atoms with Crippen molar-refractivity contribution in [2.75, 3.05) is 13.2 Å². The van der Waals surface area contributed by atoms with E-state index in [1.54, 1.807) is 24.3 Å². The Kier molecular flexibility index (Phi) is 3.42. The number of H-pyrrole nitrogens is 1. The van der Waals surface area contributed by atoms with Gasteiger partial charge in [-0.1, -0.05) is 18.2 Å².